The first kappa shape index (κ1) is 19.9. The number of nitrogens with zero attached hydrogens (tertiary/aromatic N) is 3. The van der Waals surface area contributed by atoms with E-state index in [0.717, 1.165) is 12.8 Å². The van der Waals surface area contributed by atoms with Crippen LogP contribution in [0.2, 0.25) is 5.02 Å². The van der Waals surface area contributed by atoms with E-state index in [2.05, 4.69) is 16.5 Å². The molecule has 1 aliphatic rings. The number of Topliss-reactive ketones (excluding diaryl/α,β-unsaturated/α-hetero) is 1. The van der Waals surface area contributed by atoms with E-state index in [4.69, 9.17) is 11.6 Å². The van der Waals surface area contributed by atoms with Crippen LogP contribution >= 0.6 is 11.6 Å². The number of benzene rings is 2. The second-order valence-electron chi connectivity index (χ2n) is 7.41. The molecule has 2 aromatic carbocycles. The summed E-state index contributed by atoms with van der Waals surface area (Å²) in [6.07, 6.45) is 2.70. The first-order chi connectivity index (χ1) is 14.5. The lowest BCUT2D eigenvalue weighted by Gasteiger charge is -2.18. The number of carbonyl (C=O) groups is 1. The van der Waals surface area contributed by atoms with Crippen molar-refractivity contribution >= 4 is 23.1 Å². The summed E-state index contributed by atoms with van der Waals surface area (Å²) in [6, 6.07) is 15.9. The first-order valence-electron chi connectivity index (χ1n) is 9.66. The molecule has 0 bridgehead atoms. The van der Waals surface area contributed by atoms with Gasteiger partial charge in [0.25, 0.3) is 5.56 Å². The summed E-state index contributed by atoms with van der Waals surface area (Å²) in [7, 11) is 0. The quantitative estimate of drug-likeness (QED) is 0.597. The largest absolute Gasteiger partial charge is 0.293 e. The zero-order chi connectivity index (χ0) is 21.3. The molecule has 150 valence electrons. The SMILES string of the molecule is CC(=O)c1c(-c2cccc(Cl)c2)nc(CC2CC2)c(=O)n1Nc1cccc(C#N)c1. The number of carbonyl (C=O) groups excluding carboxylic acids is 1. The lowest BCUT2D eigenvalue weighted by atomic mass is 10.1. The summed E-state index contributed by atoms with van der Waals surface area (Å²) in [5.41, 5.74) is 5.24. The van der Waals surface area contributed by atoms with E-state index in [0.29, 0.717) is 45.6 Å². The zero-order valence-electron chi connectivity index (χ0n) is 16.4. The molecule has 1 heterocycles. The van der Waals surface area contributed by atoms with Gasteiger partial charge in [-0.15, -0.1) is 0 Å². The first-order valence-corrected chi connectivity index (χ1v) is 10.0. The molecule has 0 unspecified atom stereocenters. The van der Waals surface area contributed by atoms with Crippen molar-refractivity contribution in [1.82, 2.24) is 9.66 Å². The third-order valence-electron chi connectivity index (χ3n) is 4.99. The van der Waals surface area contributed by atoms with Gasteiger partial charge in [0.15, 0.2) is 5.78 Å². The van der Waals surface area contributed by atoms with Crippen molar-refractivity contribution in [3.63, 3.8) is 0 Å². The molecule has 30 heavy (non-hydrogen) atoms. The Morgan fingerprint density at radius 3 is 2.70 bits per heavy atom. The van der Waals surface area contributed by atoms with E-state index >= 15 is 0 Å². The van der Waals surface area contributed by atoms with Gasteiger partial charge in [-0.05, 0) is 55.5 Å². The number of nitriles is 1. The highest BCUT2D eigenvalue weighted by Gasteiger charge is 2.27. The monoisotopic (exact) mass is 418 g/mol. The summed E-state index contributed by atoms with van der Waals surface area (Å²) in [5, 5.41) is 9.69. The fraction of sp³-hybridized carbons (Fsp3) is 0.217. The molecule has 0 saturated heterocycles. The third-order valence-corrected chi connectivity index (χ3v) is 5.22. The average Bonchev–Trinajstić information content (AvgIpc) is 3.54. The van der Waals surface area contributed by atoms with E-state index in [1.54, 1.807) is 42.5 Å². The molecular formula is C23H19ClN4O2. The third kappa shape index (κ3) is 4.12. The van der Waals surface area contributed by atoms with Gasteiger partial charge in [0.2, 0.25) is 0 Å². The van der Waals surface area contributed by atoms with Crippen LogP contribution in [0.5, 0.6) is 0 Å². The van der Waals surface area contributed by atoms with Crippen LogP contribution in [0.4, 0.5) is 5.69 Å². The van der Waals surface area contributed by atoms with Gasteiger partial charge < -0.3 is 0 Å². The Morgan fingerprint density at radius 1 is 1.27 bits per heavy atom. The Hall–Kier alpha value is -3.43. The predicted molar refractivity (Wildman–Crippen MR) is 116 cm³/mol. The summed E-state index contributed by atoms with van der Waals surface area (Å²) in [6.45, 7) is 1.40. The minimum Gasteiger partial charge on any atom is -0.293 e. The standard InChI is InChI=1S/C23H19ClN4O2/c1-14(29)22-21(17-5-3-6-18(24)12-17)26-20(11-15-8-9-15)23(30)28(22)27-19-7-2-4-16(10-19)13-25/h2-7,10,12,15,27H,8-9,11H2,1H3. The Bertz CT molecular complexity index is 1240. The van der Waals surface area contributed by atoms with E-state index < -0.39 is 0 Å². The molecule has 0 spiro atoms. The molecule has 1 aliphatic carbocycles. The van der Waals surface area contributed by atoms with Gasteiger partial charge in [-0.3, -0.25) is 15.0 Å². The van der Waals surface area contributed by atoms with Crippen molar-refractivity contribution in [2.45, 2.75) is 26.2 Å². The average molecular weight is 419 g/mol. The lowest BCUT2D eigenvalue weighted by molar-refractivity contribution is 0.100. The van der Waals surface area contributed by atoms with Gasteiger partial charge in [-0.2, -0.15) is 5.26 Å². The second-order valence-corrected chi connectivity index (χ2v) is 7.85. The Balaban J connectivity index is 1.93. The van der Waals surface area contributed by atoms with Gasteiger partial charge in [-0.1, -0.05) is 29.8 Å². The van der Waals surface area contributed by atoms with E-state index in [1.807, 2.05) is 6.07 Å². The number of ketones is 1. The highest BCUT2D eigenvalue weighted by Crippen LogP contribution is 2.32. The molecule has 4 rings (SSSR count). The summed E-state index contributed by atoms with van der Waals surface area (Å²) >= 11 is 6.17. The van der Waals surface area contributed by atoms with Gasteiger partial charge in [0.05, 0.1) is 17.3 Å². The summed E-state index contributed by atoms with van der Waals surface area (Å²) in [5.74, 6) is 0.132. The molecule has 1 fully saturated rings. The predicted octanol–water partition coefficient (Wildman–Crippen LogP) is 4.47. The van der Waals surface area contributed by atoms with Crippen molar-refractivity contribution in [3.8, 4) is 17.3 Å². The van der Waals surface area contributed by atoms with Crippen LogP contribution in [-0.2, 0) is 6.42 Å². The van der Waals surface area contributed by atoms with Gasteiger partial charge in [-0.25, -0.2) is 9.66 Å². The van der Waals surface area contributed by atoms with Crippen LogP contribution in [0.1, 0.15) is 41.5 Å². The lowest BCUT2D eigenvalue weighted by Crippen LogP contribution is -2.35. The van der Waals surface area contributed by atoms with Crippen molar-refractivity contribution in [3.05, 3.63) is 80.9 Å². The number of nitrogens with one attached hydrogen (secondary N) is 1. The van der Waals surface area contributed by atoms with Crippen LogP contribution in [-0.4, -0.2) is 15.4 Å². The molecule has 1 saturated carbocycles. The number of hydrogen-bond donors (Lipinski definition) is 1. The topological polar surface area (TPSA) is 87.8 Å². The van der Waals surface area contributed by atoms with E-state index in [9.17, 15) is 14.9 Å². The van der Waals surface area contributed by atoms with E-state index in [-0.39, 0.29) is 17.0 Å². The highest BCUT2D eigenvalue weighted by atomic mass is 35.5. The maximum Gasteiger partial charge on any atom is 0.291 e. The number of rotatable bonds is 6. The number of anilines is 1. The van der Waals surface area contributed by atoms with Crippen molar-refractivity contribution in [1.29, 1.82) is 5.26 Å². The molecule has 0 aliphatic heterocycles. The minimum absolute atomic E-state index is 0.143. The Morgan fingerprint density at radius 2 is 2.03 bits per heavy atom. The molecule has 1 N–H and O–H groups in total. The van der Waals surface area contributed by atoms with E-state index in [1.165, 1.54) is 11.6 Å². The maximum atomic E-state index is 13.3. The number of aromatic nitrogens is 2. The normalized spacial score (nSPS) is 13.0. The van der Waals surface area contributed by atoms with Crippen molar-refractivity contribution in [2.24, 2.45) is 5.92 Å². The van der Waals surface area contributed by atoms with Crippen LogP contribution < -0.4 is 11.0 Å². The molecule has 3 aromatic rings. The Labute approximate surface area is 178 Å². The van der Waals surface area contributed by atoms with Gasteiger partial charge in [0.1, 0.15) is 17.1 Å². The molecule has 0 radical (unpaired) electrons. The Kier molecular flexibility index (Phi) is 5.39. The molecule has 6 nitrogen and oxygen atoms in total. The fourth-order valence-electron chi connectivity index (χ4n) is 3.36. The molecular weight excluding hydrogens is 400 g/mol. The zero-order valence-corrected chi connectivity index (χ0v) is 17.1. The minimum atomic E-state index is -0.361. The number of hydrogen-bond acceptors (Lipinski definition) is 5. The molecule has 7 heteroatoms. The smallest absolute Gasteiger partial charge is 0.291 e. The fourth-order valence-corrected chi connectivity index (χ4v) is 3.55. The van der Waals surface area contributed by atoms with Gasteiger partial charge >= 0.3 is 0 Å². The summed E-state index contributed by atoms with van der Waals surface area (Å²) in [4.78, 5) is 30.5. The van der Waals surface area contributed by atoms with Gasteiger partial charge in [0, 0.05) is 17.5 Å². The van der Waals surface area contributed by atoms with Crippen LogP contribution in [0, 0.1) is 17.2 Å². The summed E-state index contributed by atoms with van der Waals surface area (Å²) < 4.78 is 1.25. The molecule has 0 amide bonds. The molecule has 0 atom stereocenters. The second kappa shape index (κ2) is 8.13. The highest BCUT2D eigenvalue weighted by molar-refractivity contribution is 6.30. The van der Waals surface area contributed by atoms with Crippen LogP contribution in [0.3, 0.4) is 0 Å². The number of halogens is 1. The van der Waals surface area contributed by atoms with Crippen molar-refractivity contribution < 1.29 is 4.79 Å². The van der Waals surface area contributed by atoms with Crippen LogP contribution in [0.15, 0.2) is 53.3 Å². The van der Waals surface area contributed by atoms with Crippen molar-refractivity contribution in [2.75, 3.05) is 5.43 Å². The van der Waals surface area contributed by atoms with Crippen LogP contribution in [0.25, 0.3) is 11.3 Å². The molecule has 1 aromatic heterocycles. The maximum absolute atomic E-state index is 13.3.